The van der Waals surface area contributed by atoms with Crippen LogP contribution in [0.15, 0.2) is 23.1 Å². The van der Waals surface area contributed by atoms with E-state index in [1.54, 1.807) is 13.1 Å². The number of pyridine rings is 1. The number of carbonyl (C=O) groups is 2. The van der Waals surface area contributed by atoms with E-state index >= 15 is 0 Å². The van der Waals surface area contributed by atoms with Gasteiger partial charge in [-0.05, 0) is 25.3 Å². The number of hydrogen-bond donors (Lipinski definition) is 2. The number of carbonyl (C=O) groups excluding carboxylic acids is 2. The molecule has 0 radical (unpaired) electrons. The van der Waals surface area contributed by atoms with Crippen LogP contribution in [-0.4, -0.2) is 29.0 Å². The van der Waals surface area contributed by atoms with Crippen LogP contribution >= 0.6 is 0 Å². The van der Waals surface area contributed by atoms with Gasteiger partial charge in [0.05, 0.1) is 0 Å². The van der Waals surface area contributed by atoms with Gasteiger partial charge in [-0.15, -0.1) is 0 Å². The van der Waals surface area contributed by atoms with E-state index in [1.807, 2.05) is 0 Å². The van der Waals surface area contributed by atoms with E-state index < -0.39 is 6.04 Å². The van der Waals surface area contributed by atoms with Crippen LogP contribution in [-0.2, 0) is 11.8 Å². The van der Waals surface area contributed by atoms with Crippen molar-refractivity contribution in [2.24, 2.45) is 7.05 Å². The van der Waals surface area contributed by atoms with Gasteiger partial charge in [0.25, 0.3) is 11.5 Å². The van der Waals surface area contributed by atoms with Crippen LogP contribution in [0, 0.1) is 0 Å². The highest BCUT2D eigenvalue weighted by Gasteiger charge is 2.22. The Kier molecular flexibility index (Phi) is 3.99. The summed E-state index contributed by atoms with van der Waals surface area (Å²) in [6.07, 6.45) is 3.97. The van der Waals surface area contributed by atoms with Crippen LogP contribution in [0.3, 0.4) is 0 Å². The van der Waals surface area contributed by atoms with Crippen molar-refractivity contribution in [3.05, 3.63) is 34.2 Å². The predicted octanol–water partition coefficient (Wildman–Crippen LogP) is -0.216. The van der Waals surface area contributed by atoms with Crippen molar-refractivity contribution in [3.63, 3.8) is 0 Å². The molecule has 1 fully saturated rings. The van der Waals surface area contributed by atoms with Gasteiger partial charge in [-0.2, -0.15) is 0 Å². The second kappa shape index (κ2) is 5.69. The smallest absolute Gasteiger partial charge is 0.252 e. The minimum atomic E-state index is -0.515. The zero-order valence-corrected chi connectivity index (χ0v) is 10.8. The first-order chi connectivity index (χ1) is 9.08. The number of hydrogen-bond acceptors (Lipinski definition) is 3. The number of nitrogens with one attached hydrogen (secondary N) is 2. The molecule has 0 saturated carbocycles. The highest BCUT2D eigenvalue weighted by Crippen LogP contribution is 2.06. The highest BCUT2D eigenvalue weighted by atomic mass is 16.2. The Morgan fingerprint density at radius 1 is 1.42 bits per heavy atom. The summed E-state index contributed by atoms with van der Waals surface area (Å²) in [6, 6.07) is 2.31. The van der Waals surface area contributed by atoms with E-state index in [1.165, 1.54) is 16.8 Å². The molecular formula is C13H17N3O3. The van der Waals surface area contributed by atoms with E-state index in [-0.39, 0.29) is 22.9 Å². The molecular weight excluding hydrogens is 246 g/mol. The van der Waals surface area contributed by atoms with Gasteiger partial charge in [-0.1, -0.05) is 0 Å². The normalized spacial score (nSPS) is 19.4. The van der Waals surface area contributed by atoms with Gasteiger partial charge >= 0.3 is 0 Å². The van der Waals surface area contributed by atoms with Crippen molar-refractivity contribution in [3.8, 4) is 0 Å². The molecule has 1 aliphatic heterocycles. The van der Waals surface area contributed by atoms with Crippen molar-refractivity contribution in [1.82, 2.24) is 15.2 Å². The molecule has 0 aromatic carbocycles. The molecule has 0 bridgehead atoms. The third-order valence-electron chi connectivity index (χ3n) is 3.21. The second-order valence-electron chi connectivity index (χ2n) is 4.68. The van der Waals surface area contributed by atoms with E-state index in [0.29, 0.717) is 13.0 Å². The average Bonchev–Trinajstić information content (AvgIpc) is 2.58. The summed E-state index contributed by atoms with van der Waals surface area (Å²) in [4.78, 5) is 35.2. The molecule has 6 nitrogen and oxygen atoms in total. The molecule has 1 unspecified atom stereocenters. The number of nitrogens with zero attached hydrogens (tertiary/aromatic N) is 1. The van der Waals surface area contributed by atoms with E-state index in [4.69, 9.17) is 0 Å². The van der Waals surface area contributed by atoms with Crippen molar-refractivity contribution in [1.29, 1.82) is 0 Å². The third-order valence-corrected chi connectivity index (χ3v) is 3.21. The predicted molar refractivity (Wildman–Crippen MR) is 69.8 cm³/mol. The molecule has 19 heavy (non-hydrogen) atoms. The fourth-order valence-electron chi connectivity index (χ4n) is 2.01. The average molecular weight is 263 g/mol. The minimum absolute atomic E-state index is 0.158. The first-order valence-electron chi connectivity index (χ1n) is 6.33. The standard InChI is InChI=1S/C13H17N3O3/c1-16-7-5-9(8-11(16)17)12(18)15-10-4-2-3-6-14-13(10)19/h5,7-8,10H,2-4,6H2,1H3,(H,14,19)(H,15,18). The molecule has 1 aromatic rings. The molecule has 2 rings (SSSR count). The Morgan fingerprint density at radius 3 is 2.95 bits per heavy atom. The van der Waals surface area contributed by atoms with Gasteiger partial charge in [0.1, 0.15) is 6.04 Å². The summed E-state index contributed by atoms with van der Waals surface area (Å²) >= 11 is 0. The molecule has 2 N–H and O–H groups in total. The van der Waals surface area contributed by atoms with Crippen LogP contribution in [0.4, 0.5) is 0 Å². The van der Waals surface area contributed by atoms with Gasteiger partial charge in [-0.3, -0.25) is 14.4 Å². The Hall–Kier alpha value is -2.11. The fraction of sp³-hybridized carbons (Fsp3) is 0.462. The molecule has 0 spiro atoms. The summed E-state index contributed by atoms with van der Waals surface area (Å²) in [5.74, 6) is -0.547. The zero-order valence-electron chi connectivity index (χ0n) is 10.8. The van der Waals surface area contributed by atoms with Gasteiger partial charge in [0.15, 0.2) is 0 Å². The molecule has 1 atom stereocenters. The molecule has 1 aliphatic rings. The van der Waals surface area contributed by atoms with E-state index in [0.717, 1.165) is 12.8 Å². The van der Waals surface area contributed by atoms with E-state index in [2.05, 4.69) is 10.6 Å². The first kappa shape index (κ1) is 13.3. The number of aromatic nitrogens is 1. The lowest BCUT2D eigenvalue weighted by molar-refractivity contribution is -0.122. The Bertz CT molecular complexity index is 550. The SMILES string of the molecule is Cn1ccc(C(=O)NC2CCCCNC2=O)cc1=O. The maximum absolute atomic E-state index is 12.0. The quantitative estimate of drug-likeness (QED) is 0.774. The third kappa shape index (κ3) is 3.21. The zero-order chi connectivity index (χ0) is 13.8. The summed E-state index contributed by atoms with van der Waals surface area (Å²) < 4.78 is 1.38. The molecule has 2 heterocycles. The lowest BCUT2D eigenvalue weighted by Crippen LogP contribution is -2.45. The number of aryl methyl sites for hydroxylation is 1. The minimum Gasteiger partial charge on any atom is -0.354 e. The Morgan fingerprint density at radius 2 is 2.21 bits per heavy atom. The summed E-state index contributed by atoms with van der Waals surface area (Å²) in [7, 11) is 1.61. The highest BCUT2D eigenvalue weighted by molar-refractivity contribution is 5.97. The topological polar surface area (TPSA) is 80.2 Å². The molecule has 0 aliphatic carbocycles. The number of rotatable bonds is 2. The Labute approximate surface area is 110 Å². The van der Waals surface area contributed by atoms with Crippen LogP contribution in [0.2, 0.25) is 0 Å². The summed E-state index contributed by atoms with van der Waals surface area (Å²) in [5, 5.41) is 5.42. The first-order valence-corrected chi connectivity index (χ1v) is 6.33. The molecule has 2 amide bonds. The lowest BCUT2D eigenvalue weighted by atomic mass is 10.1. The van der Waals surface area contributed by atoms with Gasteiger partial charge in [-0.25, -0.2) is 0 Å². The molecule has 1 aromatic heterocycles. The largest absolute Gasteiger partial charge is 0.354 e. The van der Waals surface area contributed by atoms with Crippen molar-refractivity contribution < 1.29 is 9.59 Å². The van der Waals surface area contributed by atoms with Crippen LogP contribution in [0.5, 0.6) is 0 Å². The van der Waals surface area contributed by atoms with Crippen LogP contribution in [0.1, 0.15) is 29.6 Å². The van der Waals surface area contributed by atoms with Crippen molar-refractivity contribution >= 4 is 11.8 Å². The Balaban J connectivity index is 2.09. The lowest BCUT2D eigenvalue weighted by Gasteiger charge is -2.15. The molecule has 6 heteroatoms. The van der Waals surface area contributed by atoms with E-state index in [9.17, 15) is 14.4 Å². The maximum atomic E-state index is 12.0. The van der Waals surface area contributed by atoms with Crippen LogP contribution < -0.4 is 16.2 Å². The fourth-order valence-corrected chi connectivity index (χ4v) is 2.01. The molecule has 1 saturated heterocycles. The van der Waals surface area contributed by atoms with Crippen molar-refractivity contribution in [2.45, 2.75) is 25.3 Å². The van der Waals surface area contributed by atoms with Gasteiger partial charge < -0.3 is 15.2 Å². The van der Waals surface area contributed by atoms with Crippen molar-refractivity contribution in [2.75, 3.05) is 6.54 Å². The maximum Gasteiger partial charge on any atom is 0.252 e. The van der Waals surface area contributed by atoms with Gasteiger partial charge in [0.2, 0.25) is 5.91 Å². The van der Waals surface area contributed by atoms with Gasteiger partial charge in [0, 0.05) is 31.4 Å². The summed E-state index contributed by atoms with van der Waals surface area (Å²) in [6.45, 7) is 0.650. The molecule has 102 valence electrons. The summed E-state index contributed by atoms with van der Waals surface area (Å²) in [5.41, 5.74) is 0.0260. The monoisotopic (exact) mass is 263 g/mol. The number of amides is 2. The second-order valence-corrected chi connectivity index (χ2v) is 4.68. The van der Waals surface area contributed by atoms with Crippen LogP contribution in [0.25, 0.3) is 0 Å².